The first-order valence-electron chi connectivity index (χ1n) is 25.9. The van der Waals surface area contributed by atoms with Gasteiger partial charge in [0.15, 0.2) is 0 Å². The SMILES string of the molecule is CN/C(=N\C(=C/Cc1ccccc1)c1ccccc1)C1C=C(c2ccc(-c3cccc(N4C5=C(C=CCC5)c5c(c6ccccc6n5C5=Cc6ccccc6C6C=CC=CC56)-c5ccccc54)c3)cc2)C=CC1. The normalized spacial score (nSPS) is 18.8. The fourth-order valence-corrected chi connectivity index (χ4v) is 11.9. The molecule has 0 fully saturated rings. The van der Waals surface area contributed by atoms with Crippen molar-refractivity contribution in [2.45, 2.75) is 31.6 Å². The van der Waals surface area contributed by atoms with E-state index in [2.05, 4.69) is 264 Å². The van der Waals surface area contributed by atoms with Crippen molar-refractivity contribution in [3.8, 4) is 22.3 Å². The molecule has 0 amide bonds. The molecule has 4 heteroatoms. The molecule has 1 aromatic heterocycles. The summed E-state index contributed by atoms with van der Waals surface area (Å²) in [4.78, 5) is 7.89. The van der Waals surface area contributed by atoms with Crippen LogP contribution in [0.5, 0.6) is 0 Å². The van der Waals surface area contributed by atoms with Gasteiger partial charge in [0.1, 0.15) is 5.84 Å². The van der Waals surface area contributed by atoms with E-state index in [1.807, 2.05) is 7.05 Å². The second-order valence-electron chi connectivity index (χ2n) is 19.6. The van der Waals surface area contributed by atoms with Gasteiger partial charge in [0.2, 0.25) is 0 Å². The summed E-state index contributed by atoms with van der Waals surface area (Å²) in [5, 5.41) is 4.76. The van der Waals surface area contributed by atoms with Gasteiger partial charge in [-0.1, -0.05) is 218 Å². The number of amidine groups is 1. The maximum Gasteiger partial charge on any atom is 0.109 e. The lowest BCUT2D eigenvalue weighted by Gasteiger charge is -2.35. The van der Waals surface area contributed by atoms with E-state index in [4.69, 9.17) is 4.99 Å². The van der Waals surface area contributed by atoms with E-state index in [-0.39, 0.29) is 17.8 Å². The molecule has 73 heavy (non-hydrogen) atoms. The van der Waals surface area contributed by atoms with Crippen molar-refractivity contribution in [1.82, 2.24) is 9.88 Å². The highest BCUT2D eigenvalue weighted by Gasteiger charge is 2.37. The molecule has 7 aromatic carbocycles. The summed E-state index contributed by atoms with van der Waals surface area (Å²) in [7, 11) is 1.99. The van der Waals surface area contributed by atoms with Crippen LogP contribution in [-0.2, 0) is 6.42 Å². The number of hydrogen-bond acceptors (Lipinski definition) is 2. The second kappa shape index (κ2) is 19.1. The van der Waals surface area contributed by atoms with Crippen molar-refractivity contribution in [3.05, 3.63) is 282 Å². The standard InChI is InChI=1S/C69H56N4/c1-70-69(71-62(50-22-6-3-7-23-50)43-38-47-20-4-2-5-21-47)54-27-18-25-51(44-54)48-39-41-49(42-40-48)52-26-19-28-55(45-52)72-63-35-15-12-32-59(63)67-60-33-13-16-36-64(60)73(68(67)61-34-14-17-37-65(61)72)66-46-53-24-8-9-29-56(53)57-30-10-11-31-58(57)66/h2-16,18-26,28-36,39-46,54,57-58H,17,27,37-38H2,1H3,(H,70,71)/b62-43-. The highest BCUT2D eigenvalue weighted by Crippen LogP contribution is 2.54. The lowest BCUT2D eigenvalue weighted by atomic mass is 9.75. The van der Waals surface area contributed by atoms with Crippen LogP contribution in [0.2, 0.25) is 0 Å². The minimum Gasteiger partial charge on any atom is -0.376 e. The van der Waals surface area contributed by atoms with Crippen molar-refractivity contribution in [3.63, 3.8) is 0 Å². The maximum absolute atomic E-state index is 5.32. The minimum absolute atomic E-state index is 0.112. The number of aromatic nitrogens is 1. The molecular weight excluding hydrogens is 885 g/mol. The van der Waals surface area contributed by atoms with Gasteiger partial charge in [0, 0.05) is 64.0 Å². The summed E-state index contributed by atoms with van der Waals surface area (Å²) in [6, 6.07) is 66.5. The number of aliphatic imine (C=N–C) groups is 1. The first kappa shape index (κ1) is 44.2. The molecule has 1 N–H and O–H groups in total. The second-order valence-corrected chi connectivity index (χ2v) is 19.6. The number of nitrogens with zero attached hydrogens (tertiary/aromatic N) is 3. The Labute approximate surface area is 429 Å². The topological polar surface area (TPSA) is 32.6 Å². The number of para-hydroxylation sites is 2. The number of hydrogen-bond donors (Lipinski definition) is 1. The lowest BCUT2D eigenvalue weighted by Crippen LogP contribution is -2.27. The fourth-order valence-electron chi connectivity index (χ4n) is 11.9. The molecule has 3 unspecified atom stereocenters. The van der Waals surface area contributed by atoms with Gasteiger partial charge in [-0.05, 0) is 101 Å². The quantitative estimate of drug-likeness (QED) is 0.116. The molecule has 0 saturated carbocycles. The fraction of sp³-hybridized carbons (Fsp3) is 0.116. The third kappa shape index (κ3) is 8.10. The van der Waals surface area contributed by atoms with Gasteiger partial charge in [0.05, 0.1) is 22.6 Å². The first-order valence-corrected chi connectivity index (χ1v) is 25.9. The van der Waals surface area contributed by atoms with Gasteiger partial charge >= 0.3 is 0 Å². The van der Waals surface area contributed by atoms with Crippen molar-refractivity contribution in [2.75, 3.05) is 11.9 Å². The van der Waals surface area contributed by atoms with Gasteiger partial charge in [-0.3, -0.25) is 0 Å². The molecule has 0 saturated heterocycles. The molecule has 4 aliphatic carbocycles. The van der Waals surface area contributed by atoms with Crippen LogP contribution in [0.25, 0.3) is 61.8 Å². The van der Waals surface area contributed by atoms with Crippen LogP contribution in [0.3, 0.4) is 0 Å². The smallest absolute Gasteiger partial charge is 0.109 e. The van der Waals surface area contributed by atoms with Gasteiger partial charge in [-0.2, -0.15) is 0 Å². The molecule has 5 aliphatic rings. The summed E-state index contributed by atoms with van der Waals surface area (Å²) in [5.74, 6) is 1.54. The zero-order valence-corrected chi connectivity index (χ0v) is 41.1. The largest absolute Gasteiger partial charge is 0.376 e. The molecule has 8 aromatic rings. The summed E-state index contributed by atoms with van der Waals surface area (Å²) in [6.45, 7) is 0. The van der Waals surface area contributed by atoms with Crippen LogP contribution in [0.4, 0.5) is 11.4 Å². The highest BCUT2D eigenvalue weighted by atomic mass is 15.2. The zero-order valence-electron chi connectivity index (χ0n) is 41.1. The van der Waals surface area contributed by atoms with Gasteiger partial charge in [-0.25, -0.2) is 4.99 Å². The van der Waals surface area contributed by atoms with E-state index in [0.717, 1.165) is 48.5 Å². The van der Waals surface area contributed by atoms with E-state index in [1.54, 1.807) is 0 Å². The van der Waals surface area contributed by atoms with Crippen molar-refractivity contribution in [1.29, 1.82) is 0 Å². The molecule has 0 spiro atoms. The van der Waals surface area contributed by atoms with Crippen molar-refractivity contribution in [2.24, 2.45) is 16.8 Å². The van der Waals surface area contributed by atoms with E-state index in [9.17, 15) is 0 Å². The predicted molar refractivity (Wildman–Crippen MR) is 308 cm³/mol. The Morgan fingerprint density at radius 1 is 0.685 bits per heavy atom. The Hall–Kier alpha value is -8.73. The molecule has 352 valence electrons. The van der Waals surface area contributed by atoms with Crippen molar-refractivity contribution < 1.29 is 0 Å². The Morgan fingerprint density at radius 2 is 1.44 bits per heavy atom. The van der Waals surface area contributed by atoms with Crippen LogP contribution < -0.4 is 10.2 Å². The molecule has 2 heterocycles. The van der Waals surface area contributed by atoms with E-state index in [0.29, 0.717) is 0 Å². The average molecular weight is 941 g/mol. The Balaban J connectivity index is 0.863. The van der Waals surface area contributed by atoms with E-state index >= 15 is 0 Å². The Kier molecular flexibility index (Phi) is 11.6. The van der Waals surface area contributed by atoms with Gasteiger partial charge in [-0.15, -0.1) is 0 Å². The number of allylic oxidation sites excluding steroid dienone is 13. The van der Waals surface area contributed by atoms with Crippen LogP contribution in [0.15, 0.2) is 253 Å². The molecule has 4 nitrogen and oxygen atoms in total. The highest BCUT2D eigenvalue weighted by molar-refractivity contribution is 6.11. The maximum atomic E-state index is 5.32. The van der Waals surface area contributed by atoms with Gasteiger partial charge < -0.3 is 14.8 Å². The Morgan fingerprint density at radius 3 is 2.30 bits per heavy atom. The molecule has 0 bridgehead atoms. The van der Waals surface area contributed by atoms with Crippen LogP contribution in [-0.4, -0.2) is 17.5 Å². The zero-order chi connectivity index (χ0) is 48.7. The van der Waals surface area contributed by atoms with E-state index < -0.39 is 0 Å². The summed E-state index contributed by atoms with van der Waals surface area (Å²) < 4.78 is 2.63. The summed E-state index contributed by atoms with van der Waals surface area (Å²) in [6.07, 6.45) is 29.3. The van der Waals surface area contributed by atoms with Crippen LogP contribution in [0.1, 0.15) is 58.7 Å². The van der Waals surface area contributed by atoms with E-state index in [1.165, 1.54) is 89.3 Å². The number of rotatable bonds is 9. The number of benzene rings is 7. The number of anilines is 2. The molecular formula is C69H56N4. The predicted octanol–water partition coefficient (Wildman–Crippen LogP) is 16.9. The first-order chi connectivity index (χ1) is 36.2. The molecule has 13 rings (SSSR count). The van der Waals surface area contributed by atoms with Crippen molar-refractivity contribution >= 4 is 56.7 Å². The monoisotopic (exact) mass is 940 g/mol. The molecule has 0 radical (unpaired) electrons. The average Bonchev–Trinajstić information content (AvgIpc) is 3.76. The number of nitrogens with one attached hydrogen (secondary N) is 1. The lowest BCUT2D eigenvalue weighted by molar-refractivity contribution is 0.681. The van der Waals surface area contributed by atoms with Crippen LogP contribution >= 0.6 is 0 Å². The van der Waals surface area contributed by atoms with Gasteiger partial charge in [0.25, 0.3) is 0 Å². The minimum atomic E-state index is 0.112. The summed E-state index contributed by atoms with van der Waals surface area (Å²) >= 11 is 0. The van der Waals surface area contributed by atoms with Crippen LogP contribution in [0, 0.1) is 11.8 Å². The molecule has 1 aliphatic heterocycles. The number of fused-ring (bicyclic) bond motifs is 9. The third-order valence-corrected chi connectivity index (χ3v) is 15.4. The molecule has 3 atom stereocenters. The third-order valence-electron chi connectivity index (χ3n) is 15.4. The Bertz CT molecular complexity index is 3720. The summed E-state index contributed by atoms with van der Waals surface area (Å²) in [5.41, 5.74) is 22.2.